The highest BCUT2D eigenvalue weighted by molar-refractivity contribution is 7.98. The van der Waals surface area contributed by atoms with Crippen LogP contribution in [0, 0.1) is 0 Å². The molecule has 1 aromatic heterocycles. The molecular formula is C16H13Cl3N4S. The molecule has 0 aliphatic rings. The van der Waals surface area contributed by atoms with Crippen molar-refractivity contribution in [1.29, 1.82) is 0 Å². The molecule has 0 atom stereocenters. The molecule has 4 nitrogen and oxygen atoms in total. The fraction of sp³-hybridized carbons (Fsp3) is 0.125. The van der Waals surface area contributed by atoms with Crippen LogP contribution in [0.5, 0.6) is 0 Å². The van der Waals surface area contributed by atoms with Crippen molar-refractivity contribution in [3.63, 3.8) is 0 Å². The molecule has 0 aliphatic carbocycles. The van der Waals surface area contributed by atoms with Crippen LogP contribution in [0.4, 0.5) is 5.95 Å². The lowest BCUT2D eigenvalue weighted by Crippen LogP contribution is -2.06. The van der Waals surface area contributed by atoms with E-state index in [2.05, 4.69) is 10.2 Å². The molecule has 0 spiro atoms. The highest BCUT2D eigenvalue weighted by Crippen LogP contribution is 2.28. The molecule has 3 rings (SSSR count). The Morgan fingerprint density at radius 2 is 1.75 bits per heavy atom. The average molecular weight is 400 g/mol. The maximum atomic E-state index is 6.19. The molecule has 8 heteroatoms. The van der Waals surface area contributed by atoms with E-state index in [-0.39, 0.29) is 0 Å². The summed E-state index contributed by atoms with van der Waals surface area (Å²) in [5, 5.41) is 10.6. The van der Waals surface area contributed by atoms with Gasteiger partial charge in [0.15, 0.2) is 5.16 Å². The third-order valence-electron chi connectivity index (χ3n) is 3.38. The molecule has 0 radical (unpaired) electrons. The highest BCUT2D eigenvalue weighted by Gasteiger charge is 2.12. The van der Waals surface area contributed by atoms with Crippen LogP contribution >= 0.6 is 46.6 Å². The first-order chi connectivity index (χ1) is 11.5. The van der Waals surface area contributed by atoms with E-state index in [0.29, 0.717) is 28.3 Å². The average Bonchev–Trinajstić information content (AvgIpc) is 2.91. The predicted octanol–water partition coefficient (Wildman–Crippen LogP) is 5.16. The van der Waals surface area contributed by atoms with Gasteiger partial charge in [0.25, 0.3) is 0 Å². The minimum atomic E-state index is 0.350. The molecular weight excluding hydrogens is 387 g/mol. The molecule has 2 aromatic carbocycles. The fourth-order valence-electron chi connectivity index (χ4n) is 2.13. The van der Waals surface area contributed by atoms with Crippen molar-refractivity contribution in [2.45, 2.75) is 17.5 Å². The third kappa shape index (κ3) is 3.98. The number of hydrogen-bond acceptors (Lipinski definition) is 4. The van der Waals surface area contributed by atoms with Gasteiger partial charge in [-0.3, -0.25) is 4.57 Å². The molecule has 0 bridgehead atoms. The number of anilines is 1. The van der Waals surface area contributed by atoms with Crippen LogP contribution in [-0.4, -0.2) is 14.8 Å². The van der Waals surface area contributed by atoms with E-state index in [0.717, 1.165) is 21.3 Å². The maximum absolute atomic E-state index is 6.19. The summed E-state index contributed by atoms with van der Waals surface area (Å²) in [5.41, 5.74) is 7.95. The van der Waals surface area contributed by atoms with Gasteiger partial charge in [-0.05, 0) is 29.3 Å². The molecule has 0 saturated heterocycles. The van der Waals surface area contributed by atoms with E-state index in [4.69, 9.17) is 40.5 Å². The molecule has 0 aliphatic heterocycles. The largest absolute Gasteiger partial charge is 0.368 e. The number of halogens is 3. The second-order valence-electron chi connectivity index (χ2n) is 5.06. The van der Waals surface area contributed by atoms with Gasteiger partial charge in [0.05, 0.1) is 16.6 Å². The Labute approximate surface area is 158 Å². The summed E-state index contributed by atoms with van der Waals surface area (Å²) >= 11 is 19.7. The molecule has 2 N–H and O–H groups in total. The third-order valence-corrected chi connectivity index (χ3v) is 5.51. The zero-order valence-corrected chi connectivity index (χ0v) is 15.5. The van der Waals surface area contributed by atoms with Gasteiger partial charge in [-0.25, -0.2) is 0 Å². The summed E-state index contributed by atoms with van der Waals surface area (Å²) in [6.45, 7) is 0.514. The summed E-state index contributed by atoms with van der Waals surface area (Å²) < 4.78 is 1.83. The lowest BCUT2D eigenvalue weighted by Gasteiger charge is -2.09. The van der Waals surface area contributed by atoms with Gasteiger partial charge in [-0.15, -0.1) is 10.2 Å². The van der Waals surface area contributed by atoms with E-state index in [1.54, 1.807) is 6.07 Å². The van der Waals surface area contributed by atoms with Crippen molar-refractivity contribution in [3.05, 3.63) is 68.7 Å². The van der Waals surface area contributed by atoms with Crippen LogP contribution in [-0.2, 0) is 12.3 Å². The van der Waals surface area contributed by atoms with Crippen LogP contribution in [0.2, 0.25) is 15.1 Å². The second kappa shape index (κ2) is 7.66. The Bertz CT molecular complexity index is 866. The monoisotopic (exact) mass is 398 g/mol. The Kier molecular flexibility index (Phi) is 5.56. The minimum Gasteiger partial charge on any atom is -0.368 e. The molecule has 0 saturated carbocycles. The van der Waals surface area contributed by atoms with E-state index in [9.17, 15) is 0 Å². The van der Waals surface area contributed by atoms with Crippen molar-refractivity contribution in [3.8, 4) is 0 Å². The number of thioether (sulfide) groups is 1. The van der Waals surface area contributed by atoms with Crippen molar-refractivity contribution in [2.24, 2.45) is 0 Å². The molecule has 3 aromatic rings. The number of nitrogen functional groups attached to an aromatic ring is 1. The molecule has 0 unspecified atom stereocenters. The van der Waals surface area contributed by atoms with Gasteiger partial charge < -0.3 is 5.73 Å². The van der Waals surface area contributed by atoms with Crippen LogP contribution in [0.15, 0.2) is 47.6 Å². The number of aromatic nitrogens is 3. The fourth-order valence-corrected chi connectivity index (χ4v) is 3.68. The smallest absolute Gasteiger partial charge is 0.223 e. The van der Waals surface area contributed by atoms with Crippen LogP contribution in [0.3, 0.4) is 0 Å². The summed E-state index contributed by atoms with van der Waals surface area (Å²) in [7, 11) is 0. The van der Waals surface area contributed by atoms with Gasteiger partial charge >= 0.3 is 0 Å². The van der Waals surface area contributed by atoms with Gasteiger partial charge in [0.1, 0.15) is 0 Å². The normalized spacial score (nSPS) is 11.0. The molecule has 24 heavy (non-hydrogen) atoms. The Balaban J connectivity index is 1.78. The number of nitrogens with zero attached hydrogens (tertiary/aromatic N) is 3. The van der Waals surface area contributed by atoms with Crippen LogP contribution in [0.1, 0.15) is 11.1 Å². The quantitative estimate of drug-likeness (QED) is 0.602. The predicted molar refractivity (Wildman–Crippen MR) is 101 cm³/mol. The summed E-state index contributed by atoms with van der Waals surface area (Å²) in [5.74, 6) is 1.03. The van der Waals surface area contributed by atoms with E-state index in [1.807, 2.05) is 41.0 Å². The number of rotatable bonds is 5. The van der Waals surface area contributed by atoms with Crippen molar-refractivity contribution < 1.29 is 0 Å². The summed E-state index contributed by atoms with van der Waals surface area (Å²) in [6, 6.07) is 13.2. The topological polar surface area (TPSA) is 56.7 Å². The molecule has 124 valence electrons. The number of hydrogen-bond donors (Lipinski definition) is 1. The Morgan fingerprint density at radius 1 is 0.958 bits per heavy atom. The standard InChI is InChI=1S/C16H13Cl3N4S/c17-12-4-2-1-3-11(12)9-24-16-22-21-15(20)23(16)8-10-5-6-13(18)14(19)7-10/h1-7H,8-9H2,(H2,20,21). The summed E-state index contributed by atoms with van der Waals surface area (Å²) in [4.78, 5) is 0. The lowest BCUT2D eigenvalue weighted by molar-refractivity contribution is 0.717. The molecule has 0 amide bonds. The number of benzene rings is 2. The van der Waals surface area contributed by atoms with E-state index >= 15 is 0 Å². The van der Waals surface area contributed by atoms with Gasteiger partial charge in [0, 0.05) is 10.8 Å². The van der Waals surface area contributed by atoms with E-state index < -0.39 is 0 Å². The molecule has 1 heterocycles. The van der Waals surface area contributed by atoms with Crippen molar-refractivity contribution >= 4 is 52.5 Å². The first-order valence-electron chi connectivity index (χ1n) is 7.03. The van der Waals surface area contributed by atoms with Crippen LogP contribution < -0.4 is 5.73 Å². The first-order valence-corrected chi connectivity index (χ1v) is 9.15. The van der Waals surface area contributed by atoms with Crippen molar-refractivity contribution in [1.82, 2.24) is 14.8 Å². The van der Waals surface area contributed by atoms with Gasteiger partial charge in [-0.1, -0.05) is 70.8 Å². The van der Waals surface area contributed by atoms with Crippen LogP contribution in [0.25, 0.3) is 0 Å². The first kappa shape index (κ1) is 17.4. The number of nitrogens with two attached hydrogens (primary N) is 1. The zero-order chi connectivity index (χ0) is 17.1. The Hall–Kier alpha value is -1.40. The van der Waals surface area contributed by atoms with E-state index in [1.165, 1.54) is 11.8 Å². The van der Waals surface area contributed by atoms with Crippen molar-refractivity contribution in [2.75, 3.05) is 5.73 Å². The lowest BCUT2D eigenvalue weighted by atomic mass is 10.2. The Morgan fingerprint density at radius 3 is 2.50 bits per heavy atom. The SMILES string of the molecule is Nc1nnc(SCc2ccccc2Cl)n1Cc1ccc(Cl)c(Cl)c1. The van der Waals surface area contributed by atoms with Gasteiger partial charge in [0.2, 0.25) is 5.95 Å². The minimum absolute atomic E-state index is 0.350. The van der Waals surface area contributed by atoms with Gasteiger partial charge in [-0.2, -0.15) is 0 Å². The zero-order valence-electron chi connectivity index (χ0n) is 12.4. The second-order valence-corrected chi connectivity index (χ2v) is 7.22. The summed E-state index contributed by atoms with van der Waals surface area (Å²) in [6.07, 6.45) is 0. The highest BCUT2D eigenvalue weighted by atomic mass is 35.5. The maximum Gasteiger partial charge on any atom is 0.223 e. The molecule has 0 fully saturated rings.